The summed E-state index contributed by atoms with van der Waals surface area (Å²) in [6.07, 6.45) is 0.392. The Morgan fingerprint density at radius 3 is 2.12 bits per heavy atom. The zero-order chi connectivity index (χ0) is 17.4. The van der Waals surface area contributed by atoms with Gasteiger partial charge in [0.15, 0.2) is 0 Å². The summed E-state index contributed by atoms with van der Waals surface area (Å²) in [6.45, 7) is 3.57. The largest absolute Gasteiger partial charge is 0.340 e. The lowest BCUT2D eigenvalue weighted by molar-refractivity contribution is -0.122. The van der Waals surface area contributed by atoms with Crippen molar-refractivity contribution in [3.8, 4) is 0 Å². The maximum atomic E-state index is 12.4. The minimum absolute atomic E-state index is 0.288. The van der Waals surface area contributed by atoms with Gasteiger partial charge in [0.25, 0.3) is 11.8 Å². The van der Waals surface area contributed by atoms with E-state index in [1.165, 1.54) is 0 Å². The molecule has 124 valence electrons. The van der Waals surface area contributed by atoms with Crippen LogP contribution in [-0.4, -0.2) is 23.6 Å². The molecule has 24 heavy (non-hydrogen) atoms. The van der Waals surface area contributed by atoms with Crippen molar-refractivity contribution in [3.63, 3.8) is 0 Å². The van der Waals surface area contributed by atoms with Gasteiger partial charge in [0.05, 0.1) is 0 Å². The molecule has 2 rings (SSSR count). The summed E-state index contributed by atoms with van der Waals surface area (Å²) < 4.78 is 0. The van der Waals surface area contributed by atoms with E-state index in [-0.39, 0.29) is 11.8 Å². The first kappa shape index (κ1) is 17.4. The lowest BCUT2D eigenvalue weighted by Gasteiger charge is -2.17. The molecule has 5 heteroatoms. The number of nitrogens with one attached hydrogen (secondary N) is 2. The third kappa shape index (κ3) is 5.35. The minimum atomic E-state index is -0.705. The molecule has 0 saturated heterocycles. The molecular formula is C19H21N3O2. The van der Waals surface area contributed by atoms with Crippen molar-refractivity contribution in [1.82, 2.24) is 10.7 Å². The van der Waals surface area contributed by atoms with Crippen molar-refractivity contribution >= 4 is 17.5 Å². The number of benzene rings is 2. The van der Waals surface area contributed by atoms with Gasteiger partial charge in [0.1, 0.15) is 6.04 Å². The van der Waals surface area contributed by atoms with E-state index in [0.717, 1.165) is 11.3 Å². The van der Waals surface area contributed by atoms with Crippen molar-refractivity contribution in [2.24, 2.45) is 5.10 Å². The zero-order valence-corrected chi connectivity index (χ0v) is 13.8. The van der Waals surface area contributed by atoms with Crippen molar-refractivity contribution in [2.45, 2.75) is 26.3 Å². The predicted octanol–water partition coefficient (Wildman–Crippen LogP) is 2.54. The first-order valence-corrected chi connectivity index (χ1v) is 7.77. The van der Waals surface area contributed by atoms with Crippen molar-refractivity contribution in [2.75, 3.05) is 0 Å². The van der Waals surface area contributed by atoms with Crippen LogP contribution in [0.25, 0.3) is 0 Å². The summed E-state index contributed by atoms with van der Waals surface area (Å²) in [4.78, 5) is 24.7. The van der Waals surface area contributed by atoms with Gasteiger partial charge in [-0.05, 0) is 31.5 Å². The molecule has 0 radical (unpaired) electrons. The molecule has 0 aliphatic heterocycles. The van der Waals surface area contributed by atoms with Crippen LogP contribution in [0.1, 0.15) is 29.8 Å². The highest BCUT2D eigenvalue weighted by molar-refractivity contribution is 5.97. The van der Waals surface area contributed by atoms with Crippen LogP contribution in [0.4, 0.5) is 0 Å². The number of hydrogen-bond acceptors (Lipinski definition) is 3. The molecule has 0 spiro atoms. The summed E-state index contributed by atoms with van der Waals surface area (Å²) in [7, 11) is 0. The van der Waals surface area contributed by atoms with E-state index in [1.807, 2.05) is 36.4 Å². The fourth-order valence-electron chi connectivity index (χ4n) is 2.13. The van der Waals surface area contributed by atoms with Gasteiger partial charge in [0.2, 0.25) is 0 Å². The Labute approximate surface area is 141 Å². The van der Waals surface area contributed by atoms with E-state index < -0.39 is 6.04 Å². The maximum absolute atomic E-state index is 12.4. The molecule has 0 aliphatic carbocycles. The number of hydrogen-bond donors (Lipinski definition) is 2. The van der Waals surface area contributed by atoms with Crippen molar-refractivity contribution < 1.29 is 9.59 Å². The van der Waals surface area contributed by atoms with Crippen LogP contribution in [-0.2, 0) is 11.2 Å². The third-order valence-corrected chi connectivity index (χ3v) is 3.33. The molecule has 2 aromatic rings. The number of amides is 2. The second-order valence-corrected chi connectivity index (χ2v) is 5.62. The normalized spacial score (nSPS) is 11.2. The van der Waals surface area contributed by atoms with Crippen LogP contribution >= 0.6 is 0 Å². The van der Waals surface area contributed by atoms with Crippen LogP contribution in [0.15, 0.2) is 65.8 Å². The molecule has 2 amide bonds. The summed E-state index contributed by atoms with van der Waals surface area (Å²) in [5.41, 5.74) is 4.70. The molecule has 0 bridgehead atoms. The van der Waals surface area contributed by atoms with Crippen molar-refractivity contribution in [1.29, 1.82) is 0 Å². The van der Waals surface area contributed by atoms with Crippen LogP contribution in [0.3, 0.4) is 0 Å². The second-order valence-electron chi connectivity index (χ2n) is 5.62. The molecule has 1 atom stereocenters. The van der Waals surface area contributed by atoms with E-state index in [1.54, 1.807) is 38.1 Å². The molecule has 2 N–H and O–H groups in total. The number of hydrazone groups is 1. The lowest BCUT2D eigenvalue weighted by atomic mass is 10.0. The van der Waals surface area contributed by atoms with Gasteiger partial charge in [-0.3, -0.25) is 9.59 Å². The highest BCUT2D eigenvalue weighted by Gasteiger charge is 2.21. The Bertz CT molecular complexity index is 708. The Morgan fingerprint density at radius 2 is 1.54 bits per heavy atom. The third-order valence-electron chi connectivity index (χ3n) is 3.33. The predicted molar refractivity (Wildman–Crippen MR) is 94.8 cm³/mol. The van der Waals surface area contributed by atoms with Crippen LogP contribution in [0.2, 0.25) is 0 Å². The summed E-state index contributed by atoms with van der Waals surface area (Å²) in [5.74, 6) is -0.631. The first-order chi connectivity index (χ1) is 11.6. The van der Waals surface area contributed by atoms with Gasteiger partial charge in [-0.2, -0.15) is 5.10 Å². The number of carbonyl (C=O) groups excluding carboxylic acids is 2. The molecule has 0 heterocycles. The SMILES string of the molecule is CC(C)=NNC(=O)C(Cc1ccccc1)NC(=O)c1ccccc1. The molecule has 1 unspecified atom stereocenters. The highest BCUT2D eigenvalue weighted by Crippen LogP contribution is 2.06. The summed E-state index contributed by atoms with van der Waals surface area (Å²) >= 11 is 0. The Balaban J connectivity index is 2.14. The Kier molecular flexibility index (Phi) is 6.25. The van der Waals surface area contributed by atoms with Crippen LogP contribution in [0.5, 0.6) is 0 Å². The smallest absolute Gasteiger partial charge is 0.262 e. The minimum Gasteiger partial charge on any atom is -0.340 e. The Hall–Kier alpha value is -2.95. The van der Waals surface area contributed by atoms with Gasteiger partial charge in [-0.1, -0.05) is 48.5 Å². The number of nitrogens with zero attached hydrogens (tertiary/aromatic N) is 1. The highest BCUT2D eigenvalue weighted by atomic mass is 16.2. The van der Waals surface area contributed by atoms with E-state index in [4.69, 9.17) is 0 Å². The Morgan fingerprint density at radius 1 is 0.958 bits per heavy atom. The molecule has 0 aromatic heterocycles. The second kappa shape index (κ2) is 8.62. The fraction of sp³-hybridized carbons (Fsp3) is 0.211. The molecule has 5 nitrogen and oxygen atoms in total. The summed E-state index contributed by atoms with van der Waals surface area (Å²) in [6, 6.07) is 17.7. The van der Waals surface area contributed by atoms with E-state index in [0.29, 0.717) is 12.0 Å². The molecular weight excluding hydrogens is 302 g/mol. The van der Waals surface area contributed by atoms with E-state index in [2.05, 4.69) is 15.8 Å². The average molecular weight is 323 g/mol. The van der Waals surface area contributed by atoms with Gasteiger partial charge in [-0.25, -0.2) is 5.43 Å². The lowest BCUT2D eigenvalue weighted by Crippen LogP contribution is -2.46. The monoisotopic (exact) mass is 323 g/mol. The number of carbonyl (C=O) groups is 2. The van der Waals surface area contributed by atoms with Crippen molar-refractivity contribution in [3.05, 3.63) is 71.8 Å². The average Bonchev–Trinajstić information content (AvgIpc) is 2.60. The molecule has 0 aliphatic rings. The summed E-state index contributed by atoms with van der Waals surface area (Å²) in [5, 5.41) is 6.72. The van der Waals surface area contributed by atoms with Crippen LogP contribution in [0, 0.1) is 0 Å². The maximum Gasteiger partial charge on any atom is 0.262 e. The zero-order valence-electron chi connectivity index (χ0n) is 13.8. The fourth-order valence-corrected chi connectivity index (χ4v) is 2.13. The van der Waals surface area contributed by atoms with Gasteiger partial charge >= 0.3 is 0 Å². The molecule has 0 saturated carbocycles. The molecule has 2 aromatic carbocycles. The first-order valence-electron chi connectivity index (χ1n) is 7.77. The van der Waals surface area contributed by atoms with Crippen LogP contribution < -0.4 is 10.7 Å². The van der Waals surface area contributed by atoms with E-state index in [9.17, 15) is 9.59 Å². The topological polar surface area (TPSA) is 70.6 Å². The standard InChI is InChI=1S/C19H21N3O2/c1-14(2)21-22-19(24)17(13-15-9-5-3-6-10-15)20-18(23)16-11-7-4-8-12-16/h3-12,17H,13H2,1-2H3,(H,20,23)(H,22,24). The quantitative estimate of drug-likeness (QED) is 0.633. The molecule has 0 fully saturated rings. The van der Waals surface area contributed by atoms with Gasteiger partial charge in [-0.15, -0.1) is 0 Å². The number of rotatable bonds is 6. The van der Waals surface area contributed by atoms with E-state index >= 15 is 0 Å². The van der Waals surface area contributed by atoms with Gasteiger partial charge in [0, 0.05) is 17.7 Å². The van der Waals surface area contributed by atoms with Gasteiger partial charge < -0.3 is 5.32 Å².